The Morgan fingerprint density at radius 2 is 1.90 bits per heavy atom. The van der Waals surface area contributed by atoms with Crippen molar-refractivity contribution in [2.24, 2.45) is 0 Å². The molecular formula is C21H24N4O5S. The molecule has 31 heavy (non-hydrogen) atoms. The van der Waals surface area contributed by atoms with E-state index in [1.54, 1.807) is 32.0 Å². The van der Waals surface area contributed by atoms with Gasteiger partial charge in [0, 0.05) is 17.7 Å². The molecule has 0 radical (unpaired) electrons. The number of hydrogen-bond acceptors (Lipinski definition) is 7. The van der Waals surface area contributed by atoms with Gasteiger partial charge in [-0.2, -0.15) is 9.78 Å². The molecule has 0 aliphatic heterocycles. The maximum absolute atomic E-state index is 13.1. The molecule has 0 saturated heterocycles. The van der Waals surface area contributed by atoms with Crippen molar-refractivity contribution < 1.29 is 17.7 Å². The summed E-state index contributed by atoms with van der Waals surface area (Å²) < 4.78 is 40.6. The van der Waals surface area contributed by atoms with Crippen LogP contribution in [0.5, 0.6) is 5.75 Å². The summed E-state index contributed by atoms with van der Waals surface area (Å²) in [5.41, 5.74) is 1.62. The number of aromatic nitrogens is 3. The standard InChI is InChI=1S/C21H24N4O5S/c1-13-21(14(2)30-23-13)25-20(26)11-9-17(22-25)15-8-10-18(29-3)19(12-15)31(27,28)24-16-6-4-5-7-16/h8-12,16,24H,4-7H2,1-3H3. The van der Waals surface area contributed by atoms with E-state index in [0.29, 0.717) is 28.4 Å². The first-order chi connectivity index (χ1) is 14.8. The number of sulfonamides is 1. The summed E-state index contributed by atoms with van der Waals surface area (Å²) >= 11 is 0. The molecule has 1 saturated carbocycles. The molecule has 4 rings (SSSR count). The van der Waals surface area contributed by atoms with Crippen LogP contribution in [0.3, 0.4) is 0 Å². The first-order valence-corrected chi connectivity index (χ1v) is 11.5. The van der Waals surface area contributed by atoms with Crippen LogP contribution in [-0.4, -0.2) is 36.5 Å². The Morgan fingerprint density at radius 3 is 2.55 bits per heavy atom. The zero-order valence-corrected chi connectivity index (χ0v) is 18.4. The molecule has 2 aromatic heterocycles. The quantitative estimate of drug-likeness (QED) is 0.621. The van der Waals surface area contributed by atoms with E-state index in [9.17, 15) is 13.2 Å². The number of hydrogen-bond donors (Lipinski definition) is 1. The Kier molecular flexibility index (Phi) is 5.67. The second-order valence-electron chi connectivity index (χ2n) is 7.61. The summed E-state index contributed by atoms with van der Waals surface area (Å²) in [5, 5.41) is 8.31. The lowest BCUT2D eigenvalue weighted by atomic mass is 10.1. The van der Waals surface area contributed by atoms with E-state index in [1.807, 2.05) is 0 Å². The van der Waals surface area contributed by atoms with Crippen molar-refractivity contribution in [3.8, 4) is 22.7 Å². The highest BCUT2D eigenvalue weighted by atomic mass is 32.2. The molecule has 9 nitrogen and oxygen atoms in total. The van der Waals surface area contributed by atoms with Gasteiger partial charge in [0.1, 0.15) is 22.0 Å². The maximum atomic E-state index is 13.1. The number of aryl methyl sites for hydroxylation is 2. The second kappa shape index (κ2) is 8.27. The largest absolute Gasteiger partial charge is 0.495 e. The van der Waals surface area contributed by atoms with Crippen LogP contribution in [0.2, 0.25) is 0 Å². The fourth-order valence-corrected chi connectivity index (χ4v) is 5.38. The van der Waals surface area contributed by atoms with Crippen molar-refractivity contribution in [1.82, 2.24) is 19.7 Å². The number of nitrogens with one attached hydrogen (secondary N) is 1. The van der Waals surface area contributed by atoms with Crippen LogP contribution < -0.4 is 15.0 Å². The maximum Gasteiger partial charge on any atom is 0.271 e. The van der Waals surface area contributed by atoms with Crippen molar-refractivity contribution in [2.45, 2.75) is 50.5 Å². The highest BCUT2D eigenvalue weighted by Crippen LogP contribution is 2.30. The third-order valence-corrected chi connectivity index (χ3v) is 6.98. The van der Waals surface area contributed by atoms with Crippen LogP contribution in [-0.2, 0) is 10.0 Å². The van der Waals surface area contributed by atoms with Crippen LogP contribution in [0.15, 0.2) is 44.5 Å². The average Bonchev–Trinajstić information content (AvgIpc) is 3.37. The normalized spacial score (nSPS) is 14.8. The monoisotopic (exact) mass is 444 g/mol. The summed E-state index contributed by atoms with van der Waals surface area (Å²) in [4.78, 5) is 12.5. The number of nitrogens with zero attached hydrogens (tertiary/aromatic N) is 3. The summed E-state index contributed by atoms with van der Waals surface area (Å²) in [5.74, 6) is 0.705. The average molecular weight is 445 g/mol. The highest BCUT2D eigenvalue weighted by molar-refractivity contribution is 7.89. The van der Waals surface area contributed by atoms with Crippen LogP contribution in [0.25, 0.3) is 16.9 Å². The minimum atomic E-state index is -3.79. The predicted molar refractivity (Wildman–Crippen MR) is 114 cm³/mol. The number of rotatable bonds is 6. The molecule has 1 aromatic carbocycles. The van der Waals surface area contributed by atoms with E-state index in [1.165, 1.54) is 23.9 Å². The van der Waals surface area contributed by atoms with Crippen molar-refractivity contribution in [3.63, 3.8) is 0 Å². The van der Waals surface area contributed by atoms with Crippen molar-refractivity contribution in [2.75, 3.05) is 7.11 Å². The van der Waals surface area contributed by atoms with Gasteiger partial charge < -0.3 is 9.26 Å². The van der Waals surface area contributed by atoms with Gasteiger partial charge in [0.25, 0.3) is 5.56 Å². The van der Waals surface area contributed by atoms with Gasteiger partial charge in [-0.3, -0.25) is 4.79 Å². The molecule has 0 amide bonds. The Bertz CT molecular complexity index is 1250. The van der Waals surface area contributed by atoms with Gasteiger partial charge in [-0.05, 0) is 51.0 Å². The van der Waals surface area contributed by atoms with Crippen LogP contribution in [0.4, 0.5) is 0 Å². The third-order valence-electron chi connectivity index (χ3n) is 5.43. The van der Waals surface area contributed by atoms with Gasteiger partial charge in [-0.15, -0.1) is 0 Å². The van der Waals surface area contributed by atoms with Gasteiger partial charge >= 0.3 is 0 Å². The molecule has 3 aromatic rings. The molecule has 10 heteroatoms. The Balaban J connectivity index is 1.78. The van der Waals surface area contributed by atoms with Gasteiger partial charge in [-0.1, -0.05) is 18.0 Å². The smallest absolute Gasteiger partial charge is 0.271 e. The molecular weight excluding hydrogens is 420 g/mol. The van der Waals surface area contributed by atoms with E-state index < -0.39 is 10.0 Å². The lowest BCUT2D eigenvalue weighted by Gasteiger charge is -2.16. The molecule has 1 N–H and O–H groups in total. The number of methoxy groups -OCH3 is 1. The highest BCUT2D eigenvalue weighted by Gasteiger charge is 2.26. The van der Waals surface area contributed by atoms with E-state index >= 15 is 0 Å². The molecule has 2 heterocycles. The zero-order valence-electron chi connectivity index (χ0n) is 17.6. The third kappa shape index (κ3) is 4.13. The van der Waals surface area contributed by atoms with E-state index in [2.05, 4.69) is 15.0 Å². The first-order valence-electron chi connectivity index (χ1n) is 10.0. The number of benzene rings is 1. The lowest BCUT2D eigenvalue weighted by molar-refractivity contribution is 0.392. The predicted octanol–water partition coefficient (Wildman–Crippen LogP) is 2.73. The SMILES string of the molecule is COc1ccc(-c2ccc(=O)n(-c3c(C)noc3C)n2)cc1S(=O)(=O)NC1CCCC1. The number of ether oxygens (including phenoxy) is 1. The molecule has 0 atom stereocenters. The van der Waals surface area contributed by atoms with Crippen LogP contribution in [0.1, 0.15) is 37.1 Å². The molecule has 0 unspecified atom stereocenters. The molecule has 1 aliphatic rings. The van der Waals surface area contributed by atoms with E-state index in [-0.39, 0.29) is 22.2 Å². The van der Waals surface area contributed by atoms with Gasteiger partial charge in [0.15, 0.2) is 5.76 Å². The molecule has 164 valence electrons. The summed E-state index contributed by atoms with van der Waals surface area (Å²) in [6, 6.07) is 7.67. The van der Waals surface area contributed by atoms with Crippen LogP contribution in [0, 0.1) is 13.8 Å². The van der Waals surface area contributed by atoms with Gasteiger partial charge in [0.05, 0.1) is 12.8 Å². The molecule has 1 aliphatic carbocycles. The minimum Gasteiger partial charge on any atom is -0.495 e. The molecule has 0 spiro atoms. The van der Waals surface area contributed by atoms with Crippen LogP contribution >= 0.6 is 0 Å². The minimum absolute atomic E-state index is 0.0382. The van der Waals surface area contributed by atoms with Crippen molar-refractivity contribution >= 4 is 10.0 Å². The lowest BCUT2D eigenvalue weighted by Crippen LogP contribution is -2.32. The first kappa shape index (κ1) is 21.3. The fraction of sp³-hybridized carbons (Fsp3) is 0.381. The van der Waals surface area contributed by atoms with E-state index in [0.717, 1.165) is 25.7 Å². The zero-order chi connectivity index (χ0) is 22.2. The topological polar surface area (TPSA) is 116 Å². The Hall–Kier alpha value is -2.98. The van der Waals surface area contributed by atoms with Crippen molar-refractivity contribution in [3.05, 3.63) is 52.1 Å². The summed E-state index contributed by atoms with van der Waals surface area (Å²) in [7, 11) is -2.36. The fourth-order valence-electron chi connectivity index (χ4n) is 3.88. The Morgan fingerprint density at radius 1 is 1.16 bits per heavy atom. The van der Waals surface area contributed by atoms with Crippen molar-refractivity contribution in [1.29, 1.82) is 0 Å². The molecule has 1 fully saturated rings. The summed E-state index contributed by atoms with van der Waals surface area (Å²) in [6.45, 7) is 3.42. The molecule has 0 bridgehead atoms. The van der Waals surface area contributed by atoms with Gasteiger partial charge in [-0.25, -0.2) is 13.1 Å². The van der Waals surface area contributed by atoms with E-state index in [4.69, 9.17) is 9.26 Å². The Labute approximate surface area is 180 Å². The summed E-state index contributed by atoms with van der Waals surface area (Å²) in [6.07, 6.45) is 3.67. The second-order valence-corrected chi connectivity index (χ2v) is 9.29. The van der Waals surface area contributed by atoms with Gasteiger partial charge in [0.2, 0.25) is 10.0 Å².